The van der Waals surface area contributed by atoms with Crippen LogP contribution in [0.3, 0.4) is 0 Å². The van der Waals surface area contributed by atoms with Crippen LogP contribution in [0.2, 0.25) is 5.02 Å². The number of aromatic amines is 1. The van der Waals surface area contributed by atoms with E-state index in [2.05, 4.69) is 16.9 Å². The second-order valence-corrected chi connectivity index (χ2v) is 6.35. The highest BCUT2D eigenvalue weighted by molar-refractivity contribution is 6.31. The molecule has 1 N–H and O–H groups in total. The van der Waals surface area contributed by atoms with Gasteiger partial charge in [0.05, 0.1) is 11.7 Å². The van der Waals surface area contributed by atoms with Crippen LogP contribution in [0.4, 0.5) is 0 Å². The van der Waals surface area contributed by atoms with Gasteiger partial charge in [0, 0.05) is 29.2 Å². The predicted molar refractivity (Wildman–Crippen MR) is 97.4 cm³/mol. The Morgan fingerprint density at radius 3 is 2.79 bits per heavy atom. The number of H-pyrrole nitrogens is 1. The van der Waals surface area contributed by atoms with Crippen LogP contribution in [0.25, 0.3) is 10.9 Å². The zero-order valence-corrected chi connectivity index (χ0v) is 14.8. The summed E-state index contributed by atoms with van der Waals surface area (Å²) in [5.74, 6) is -0.0441. The lowest BCUT2D eigenvalue weighted by Gasteiger charge is -2.26. The van der Waals surface area contributed by atoms with Crippen LogP contribution in [0, 0.1) is 6.92 Å². The van der Waals surface area contributed by atoms with E-state index in [1.165, 1.54) is 0 Å². The Morgan fingerprint density at radius 2 is 2.12 bits per heavy atom. The first-order chi connectivity index (χ1) is 11.5. The van der Waals surface area contributed by atoms with Crippen molar-refractivity contribution in [3.63, 3.8) is 0 Å². The summed E-state index contributed by atoms with van der Waals surface area (Å²) in [7, 11) is 1.82. The van der Waals surface area contributed by atoms with E-state index in [-0.39, 0.29) is 11.9 Å². The fourth-order valence-corrected chi connectivity index (χ4v) is 3.26. The summed E-state index contributed by atoms with van der Waals surface area (Å²) in [5, 5.41) is 1.64. The molecule has 0 fully saturated rings. The van der Waals surface area contributed by atoms with Gasteiger partial charge >= 0.3 is 0 Å². The summed E-state index contributed by atoms with van der Waals surface area (Å²) in [5.41, 5.74) is 3.33. The van der Waals surface area contributed by atoms with Crippen molar-refractivity contribution in [2.24, 2.45) is 0 Å². The number of aryl methyl sites for hydroxylation is 1. The standard InChI is InChI=1S/C19H20ClN3O/c1-4-17(16-7-5-6-10-21-16)23(3)19(24)18-12(2)14-11-13(20)8-9-15(14)22-18/h5-11,17,22H,4H2,1-3H3/t17-/m1/s1. The van der Waals surface area contributed by atoms with Crippen molar-refractivity contribution in [3.05, 3.63) is 64.6 Å². The van der Waals surface area contributed by atoms with Gasteiger partial charge in [0.25, 0.3) is 5.91 Å². The number of carbonyl (C=O) groups is 1. The van der Waals surface area contributed by atoms with E-state index in [0.29, 0.717) is 10.7 Å². The maximum Gasteiger partial charge on any atom is 0.270 e. The van der Waals surface area contributed by atoms with Gasteiger partial charge in [-0.3, -0.25) is 9.78 Å². The molecule has 0 aliphatic rings. The molecule has 124 valence electrons. The number of carbonyl (C=O) groups excluding carboxylic acids is 1. The van der Waals surface area contributed by atoms with Gasteiger partial charge in [0.2, 0.25) is 0 Å². The van der Waals surface area contributed by atoms with Crippen LogP contribution in [-0.4, -0.2) is 27.8 Å². The maximum atomic E-state index is 13.0. The number of nitrogens with zero attached hydrogens (tertiary/aromatic N) is 2. The van der Waals surface area contributed by atoms with Crippen LogP contribution in [-0.2, 0) is 0 Å². The van der Waals surface area contributed by atoms with Crippen molar-refractivity contribution in [2.75, 3.05) is 7.05 Å². The Balaban J connectivity index is 1.97. The lowest BCUT2D eigenvalue weighted by atomic mass is 10.1. The summed E-state index contributed by atoms with van der Waals surface area (Å²) >= 11 is 6.08. The molecule has 2 heterocycles. The molecule has 1 amide bonds. The van der Waals surface area contributed by atoms with Gasteiger partial charge < -0.3 is 9.88 Å². The molecule has 0 bridgehead atoms. The summed E-state index contributed by atoms with van der Waals surface area (Å²) in [6.45, 7) is 4.00. The van der Waals surface area contributed by atoms with Crippen molar-refractivity contribution >= 4 is 28.4 Å². The third-order valence-corrected chi connectivity index (χ3v) is 4.67. The van der Waals surface area contributed by atoms with Gasteiger partial charge in [0.15, 0.2) is 0 Å². The maximum absolute atomic E-state index is 13.0. The van der Waals surface area contributed by atoms with E-state index in [4.69, 9.17) is 11.6 Å². The van der Waals surface area contributed by atoms with Gasteiger partial charge in [0.1, 0.15) is 5.69 Å². The summed E-state index contributed by atoms with van der Waals surface area (Å²) in [6, 6.07) is 11.3. The molecule has 1 aromatic carbocycles. The molecule has 3 rings (SSSR count). The minimum Gasteiger partial charge on any atom is -0.350 e. The second kappa shape index (κ2) is 6.65. The Bertz CT molecular complexity index is 873. The number of benzene rings is 1. The highest BCUT2D eigenvalue weighted by Gasteiger charge is 2.25. The average Bonchev–Trinajstić information content (AvgIpc) is 2.92. The molecule has 0 saturated carbocycles. The summed E-state index contributed by atoms with van der Waals surface area (Å²) < 4.78 is 0. The summed E-state index contributed by atoms with van der Waals surface area (Å²) in [4.78, 5) is 22.4. The molecule has 0 radical (unpaired) electrons. The van der Waals surface area contributed by atoms with Gasteiger partial charge in [-0.25, -0.2) is 0 Å². The molecule has 0 spiro atoms. The molecule has 24 heavy (non-hydrogen) atoms. The van der Waals surface area contributed by atoms with Crippen molar-refractivity contribution in [1.29, 1.82) is 0 Å². The Kier molecular flexibility index (Phi) is 4.58. The highest BCUT2D eigenvalue weighted by Crippen LogP contribution is 2.28. The molecule has 4 nitrogen and oxygen atoms in total. The number of rotatable bonds is 4. The number of hydrogen-bond acceptors (Lipinski definition) is 2. The first-order valence-electron chi connectivity index (χ1n) is 7.98. The molecule has 1 atom stereocenters. The molecular weight excluding hydrogens is 322 g/mol. The molecule has 2 aromatic heterocycles. The van der Waals surface area contributed by atoms with Crippen LogP contribution in [0.15, 0.2) is 42.6 Å². The quantitative estimate of drug-likeness (QED) is 0.744. The monoisotopic (exact) mass is 341 g/mol. The number of fused-ring (bicyclic) bond motifs is 1. The SMILES string of the molecule is CC[C@H](c1ccccn1)N(C)C(=O)c1[nH]c2ccc(Cl)cc2c1C. The molecule has 0 aliphatic carbocycles. The molecule has 0 unspecified atom stereocenters. The van der Waals surface area contributed by atoms with Gasteiger partial charge in [-0.1, -0.05) is 24.6 Å². The van der Waals surface area contributed by atoms with E-state index in [9.17, 15) is 4.79 Å². The van der Waals surface area contributed by atoms with Crippen molar-refractivity contribution in [2.45, 2.75) is 26.3 Å². The van der Waals surface area contributed by atoms with Gasteiger partial charge in [-0.05, 0) is 49.2 Å². The molecular formula is C19H20ClN3O. The lowest BCUT2D eigenvalue weighted by molar-refractivity contribution is 0.0717. The third kappa shape index (κ3) is 2.89. The van der Waals surface area contributed by atoms with Crippen LogP contribution >= 0.6 is 11.6 Å². The van der Waals surface area contributed by atoms with E-state index in [0.717, 1.165) is 28.6 Å². The van der Waals surface area contributed by atoms with E-state index in [1.54, 1.807) is 11.1 Å². The molecule has 0 aliphatic heterocycles. The number of pyridine rings is 1. The van der Waals surface area contributed by atoms with Crippen LogP contribution in [0.1, 0.15) is 41.1 Å². The van der Waals surface area contributed by atoms with Gasteiger partial charge in [-0.2, -0.15) is 0 Å². The van der Waals surface area contributed by atoms with Crippen LogP contribution in [0.5, 0.6) is 0 Å². The minimum absolute atomic E-state index is 0.0441. The van der Waals surface area contributed by atoms with E-state index in [1.807, 2.05) is 50.4 Å². The van der Waals surface area contributed by atoms with E-state index < -0.39 is 0 Å². The first kappa shape index (κ1) is 16.5. The number of nitrogens with one attached hydrogen (secondary N) is 1. The lowest BCUT2D eigenvalue weighted by Crippen LogP contribution is -2.32. The smallest absolute Gasteiger partial charge is 0.270 e. The average molecular weight is 342 g/mol. The molecule has 5 heteroatoms. The zero-order chi connectivity index (χ0) is 17.3. The highest BCUT2D eigenvalue weighted by atomic mass is 35.5. The first-order valence-corrected chi connectivity index (χ1v) is 8.36. The van der Waals surface area contributed by atoms with E-state index >= 15 is 0 Å². The van der Waals surface area contributed by atoms with Gasteiger partial charge in [-0.15, -0.1) is 0 Å². The number of amides is 1. The number of halogens is 1. The van der Waals surface area contributed by atoms with Crippen molar-refractivity contribution in [1.82, 2.24) is 14.9 Å². The Hall–Kier alpha value is -2.33. The Morgan fingerprint density at radius 1 is 1.33 bits per heavy atom. The second-order valence-electron chi connectivity index (χ2n) is 5.91. The predicted octanol–water partition coefficient (Wildman–Crippen LogP) is 4.75. The fourth-order valence-electron chi connectivity index (χ4n) is 3.09. The zero-order valence-electron chi connectivity index (χ0n) is 14.0. The molecule has 3 aromatic rings. The fraction of sp³-hybridized carbons (Fsp3) is 0.263. The number of aromatic nitrogens is 2. The molecule has 0 saturated heterocycles. The number of hydrogen-bond donors (Lipinski definition) is 1. The van der Waals surface area contributed by atoms with Crippen molar-refractivity contribution in [3.8, 4) is 0 Å². The largest absolute Gasteiger partial charge is 0.350 e. The topological polar surface area (TPSA) is 49.0 Å². The van der Waals surface area contributed by atoms with Crippen LogP contribution < -0.4 is 0 Å². The Labute approximate surface area is 146 Å². The third-order valence-electron chi connectivity index (χ3n) is 4.44. The normalized spacial score (nSPS) is 12.3. The van der Waals surface area contributed by atoms with Crippen molar-refractivity contribution < 1.29 is 4.79 Å². The summed E-state index contributed by atoms with van der Waals surface area (Å²) in [6.07, 6.45) is 2.55. The minimum atomic E-state index is -0.0619.